The fraction of sp³-hybridized carbons (Fsp3) is 0.536. The molecule has 0 saturated carbocycles. The molecule has 6 nitrogen and oxygen atoms in total. The minimum absolute atomic E-state index is 0.170. The smallest absolute Gasteiger partial charge is 0.302 e. The third-order valence-corrected chi connectivity index (χ3v) is 7.15. The lowest BCUT2D eigenvalue weighted by Crippen LogP contribution is -2.45. The maximum absolute atomic E-state index is 11.8. The molecule has 2 aliphatic heterocycles. The number of phenolic OH excluding ortho intramolecular Hbond substituents is 1. The van der Waals surface area contributed by atoms with E-state index in [-0.39, 0.29) is 29.9 Å². The summed E-state index contributed by atoms with van der Waals surface area (Å²) < 4.78 is 11.3. The maximum atomic E-state index is 11.8. The normalized spacial score (nSPS) is 25.7. The predicted octanol–water partition coefficient (Wildman–Crippen LogP) is 4.53. The third kappa shape index (κ3) is 6.30. The van der Waals surface area contributed by atoms with Gasteiger partial charge in [0.2, 0.25) is 0 Å². The van der Waals surface area contributed by atoms with Gasteiger partial charge < -0.3 is 25.0 Å². The number of aliphatic hydroxyl groups is 1. The van der Waals surface area contributed by atoms with E-state index >= 15 is 0 Å². The molecule has 0 radical (unpaired) electrons. The van der Waals surface area contributed by atoms with Crippen molar-refractivity contribution in [2.24, 2.45) is 0 Å². The first-order chi connectivity index (χ1) is 16.4. The van der Waals surface area contributed by atoms with Crippen molar-refractivity contribution in [3.63, 3.8) is 0 Å². The number of ether oxygens (including phenoxy) is 2. The van der Waals surface area contributed by atoms with Gasteiger partial charge in [-0.05, 0) is 86.8 Å². The number of hydrogen-bond donors (Lipinski definition) is 3. The summed E-state index contributed by atoms with van der Waals surface area (Å²) >= 11 is 0. The van der Waals surface area contributed by atoms with E-state index in [0.29, 0.717) is 18.6 Å². The van der Waals surface area contributed by atoms with Crippen molar-refractivity contribution in [1.29, 1.82) is 0 Å². The number of methoxy groups -OCH3 is 1. The van der Waals surface area contributed by atoms with Crippen molar-refractivity contribution in [3.05, 3.63) is 47.5 Å². The third-order valence-electron chi connectivity index (χ3n) is 7.15. The van der Waals surface area contributed by atoms with Gasteiger partial charge in [-0.15, -0.1) is 0 Å². The Balaban J connectivity index is 1.68. The number of aryl methyl sites for hydroxylation is 2. The summed E-state index contributed by atoms with van der Waals surface area (Å²) in [4.78, 5) is 11.8. The van der Waals surface area contributed by atoms with Gasteiger partial charge >= 0.3 is 5.97 Å². The lowest BCUT2D eigenvalue weighted by atomic mass is 9.90. The van der Waals surface area contributed by atoms with Crippen molar-refractivity contribution in [1.82, 2.24) is 5.32 Å². The van der Waals surface area contributed by atoms with E-state index in [1.807, 2.05) is 24.3 Å². The highest BCUT2D eigenvalue weighted by Gasteiger charge is 2.27. The number of esters is 1. The summed E-state index contributed by atoms with van der Waals surface area (Å²) in [7, 11) is 1.63. The van der Waals surface area contributed by atoms with Crippen LogP contribution in [0.3, 0.4) is 0 Å². The van der Waals surface area contributed by atoms with E-state index in [1.165, 1.54) is 6.92 Å². The van der Waals surface area contributed by atoms with E-state index in [4.69, 9.17) is 9.47 Å². The van der Waals surface area contributed by atoms with E-state index in [2.05, 4.69) is 11.4 Å². The molecule has 1 unspecified atom stereocenters. The molecule has 6 bridgehead atoms. The van der Waals surface area contributed by atoms with E-state index in [9.17, 15) is 15.0 Å². The molecule has 6 heteroatoms. The van der Waals surface area contributed by atoms with Crippen molar-refractivity contribution in [2.75, 3.05) is 7.11 Å². The first kappa shape index (κ1) is 24.6. The minimum atomic E-state index is -0.397. The number of fused-ring (bicyclic) bond motifs is 7. The molecule has 2 aromatic carbocycles. The second-order valence-electron chi connectivity index (χ2n) is 9.81. The lowest BCUT2D eigenvalue weighted by Gasteiger charge is -2.34. The molecule has 0 amide bonds. The molecular weight excluding hydrogens is 430 g/mol. The van der Waals surface area contributed by atoms with Crippen LogP contribution in [0.2, 0.25) is 0 Å². The number of phenols is 1. The van der Waals surface area contributed by atoms with Crippen LogP contribution in [0.4, 0.5) is 0 Å². The summed E-state index contributed by atoms with van der Waals surface area (Å²) in [6.07, 6.45) is 7.04. The van der Waals surface area contributed by atoms with Crippen LogP contribution in [0.25, 0.3) is 11.1 Å². The first-order valence-electron chi connectivity index (χ1n) is 12.5. The Hall–Kier alpha value is -2.57. The average Bonchev–Trinajstić information content (AvgIpc) is 2.81. The Kier molecular flexibility index (Phi) is 8.11. The molecular formula is C28H37NO5. The van der Waals surface area contributed by atoms with Gasteiger partial charge in [0.1, 0.15) is 17.6 Å². The van der Waals surface area contributed by atoms with E-state index < -0.39 is 6.10 Å². The highest BCUT2D eigenvalue weighted by molar-refractivity contribution is 5.76. The van der Waals surface area contributed by atoms with Crippen LogP contribution in [0.15, 0.2) is 36.4 Å². The van der Waals surface area contributed by atoms with E-state index in [0.717, 1.165) is 67.2 Å². The predicted molar refractivity (Wildman–Crippen MR) is 132 cm³/mol. The number of benzene rings is 2. The summed E-state index contributed by atoms with van der Waals surface area (Å²) in [5, 5.41) is 25.1. The zero-order chi connectivity index (χ0) is 24.1. The zero-order valence-electron chi connectivity index (χ0n) is 20.3. The molecule has 4 atom stereocenters. The Morgan fingerprint density at radius 1 is 0.941 bits per heavy atom. The van der Waals surface area contributed by atoms with Crippen LogP contribution >= 0.6 is 0 Å². The Labute approximate surface area is 202 Å². The number of aliphatic hydroxyl groups excluding tert-OH is 1. The Morgan fingerprint density at radius 2 is 1.62 bits per heavy atom. The number of carbonyl (C=O) groups is 1. The van der Waals surface area contributed by atoms with Crippen molar-refractivity contribution in [3.8, 4) is 22.6 Å². The van der Waals surface area contributed by atoms with Gasteiger partial charge in [0.15, 0.2) is 0 Å². The number of nitrogens with one attached hydrogen (secondary N) is 1. The zero-order valence-corrected chi connectivity index (χ0v) is 20.3. The first-order valence-corrected chi connectivity index (χ1v) is 12.5. The largest absolute Gasteiger partial charge is 0.507 e. The fourth-order valence-electron chi connectivity index (χ4n) is 5.44. The SMILES string of the molecule is COc1ccc2cc1-c1cc(ccc1O)CC[C@H](O)C[C@H]1CCCC(C[C@@H](OC(C)=O)CC2)N1. The standard InChI is InChI=1S/C28H37NO5/c1-18(30)34-24-11-7-20-9-13-28(33-2)26(15-20)25-14-19(8-12-27(25)32)6-10-23(31)16-21-4-3-5-22(17-24)29-21/h8-9,12-15,21-24,29,31-32H,3-7,10-11,16-17H2,1-2H3/t21-,22?,23+,24+/m1/s1. The number of aromatic hydroxyl groups is 1. The van der Waals surface area contributed by atoms with Crippen LogP contribution in [-0.2, 0) is 22.4 Å². The summed E-state index contributed by atoms with van der Waals surface area (Å²) in [6.45, 7) is 1.47. The molecule has 34 heavy (non-hydrogen) atoms. The monoisotopic (exact) mass is 467 g/mol. The van der Waals surface area contributed by atoms with Gasteiger partial charge in [0.25, 0.3) is 0 Å². The Morgan fingerprint density at radius 3 is 2.35 bits per heavy atom. The molecule has 2 heterocycles. The average molecular weight is 468 g/mol. The van der Waals surface area contributed by atoms with Crippen molar-refractivity contribution in [2.45, 2.75) is 89.0 Å². The molecule has 3 N–H and O–H groups in total. The molecule has 1 saturated heterocycles. The van der Waals surface area contributed by atoms with Gasteiger partial charge in [-0.25, -0.2) is 0 Å². The quantitative estimate of drug-likeness (QED) is 0.563. The highest BCUT2D eigenvalue weighted by Crippen LogP contribution is 2.38. The number of piperidine rings is 1. The molecule has 0 aliphatic carbocycles. The highest BCUT2D eigenvalue weighted by atomic mass is 16.5. The second kappa shape index (κ2) is 11.2. The second-order valence-corrected chi connectivity index (χ2v) is 9.81. The van der Waals surface area contributed by atoms with E-state index in [1.54, 1.807) is 13.2 Å². The fourth-order valence-corrected chi connectivity index (χ4v) is 5.44. The molecule has 184 valence electrons. The summed E-state index contributed by atoms with van der Waals surface area (Å²) in [5.41, 5.74) is 3.75. The maximum Gasteiger partial charge on any atom is 0.302 e. The summed E-state index contributed by atoms with van der Waals surface area (Å²) in [6, 6.07) is 12.2. The van der Waals surface area contributed by atoms with Crippen molar-refractivity contribution >= 4 is 5.97 Å². The molecule has 0 spiro atoms. The van der Waals surface area contributed by atoms with Crippen molar-refractivity contribution < 1.29 is 24.5 Å². The summed E-state index contributed by atoms with van der Waals surface area (Å²) in [5.74, 6) is 0.646. The lowest BCUT2D eigenvalue weighted by molar-refractivity contribution is -0.147. The number of hydrogen-bond acceptors (Lipinski definition) is 6. The number of rotatable bonds is 2. The van der Waals surface area contributed by atoms with Gasteiger partial charge in [0.05, 0.1) is 13.2 Å². The van der Waals surface area contributed by atoms with Gasteiger partial charge in [-0.2, -0.15) is 0 Å². The topological polar surface area (TPSA) is 88.0 Å². The molecule has 2 aliphatic rings. The van der Waals surface area contributed by atoms with Crippen LogP contribution in [0.1, 0.15) is 63.0 Å². The molecule has 2 aromatic rings. The molecule has 1 fully saturated rings. The molecule has 0 aromatic heterocycles. The van der Waals surface area contributed by atoms with Crippen LogP contribution in [-0.4, -0.2) is 47.6 Å². The Bertz CT molecular complexity index is 991. The van der Waals surface area contributed by atoms with Crippen LogP contribution in [0, 0.1) is 0 Å². The van der Waals surface area contributed by atoms with Crippen LogP contribution < -0.4 is 10.1 Å². The van der Waals surface area contributed by atoms with Crippen LogP contribution in [0.5, 0.6) is 11.5 Å². The van der Waals surface area contributed by atoms with Gasteiger partial charge in [0, 0.05) is 30.1 Å². The van der Waals surface area contributed by atoms with Gasteiger partial charge in [-0.3, -0.25) is 4.79 Å². The van der Waals surface area contributed by atoms with Gasteiger partial charge in [-0.1, -0.05) is 18.6 Å². The molecule has 4 rings (SSSR count). The minimum Gasteiger partial charge on any atom is -0.507 e. The number of carbonyl (C=O) groups excluding carboxylic acids is 1.